The number of aromatic nitrogens is 2. The van der Waals surface area contributed by atoms with Crippen molar-refractivity contribution in [2.24, 2.45) is 0 Å². The van der Waals surface area contributed by atoms with Crippen molar-refractivity contribution in [3.63, 3.8) is 0 Å². The number of para-hydroxylation sites is 1. The summed E-state index contributed by atoms with van der Waals surface area (Å²) in [4.78, 5) is 15.0. The van der Waals surface area contributed by atoms with E-state index in [9.17, 15) is 18.5 Å². The minimum absolute atomic E-state index is 0.127. The van der Waals surface area contributed by atoms with E-state index in [1.807, 2.05) is 29.7 Å². The largest absolute Gasteiger partial charge is 0.378 e. The first-order valence-electron chi connectivity index (χ1n) is 11.9. The monoisotopic (exact) mass is 506 g/mol. The molecule has 4 aromatic rings. The summed E-state index contributed by atoms with van der Waals surface area (Å²) < 4.78 is 33.7. The number of anilines is 1. The molecule has 0 saturated heterocycles. The van der Waals surface area contributed by atoms with Crippen LogP contribution in [0.4, 0.5) is 11.5 Å². The van der Waals surface area contributed by atoms with Gasteiger partial charge < -0.3 is 9.50 Å². The Labute approximate surface area is 209 Å². The second kappa shape index (κ2) is 9.62. The Hall–Kier alpha value is -3.92. The Bertz CT molecular complexity index is 1520. The van der Waals surface area contributed by atoms with E-state index < -0.39 is 15.0 Å². The van der Waals surface area contributed by atoms with Gasteiger partial charge in [0, 0.05) is 29.9 Å². The van der Waals surface area contributed by atoms with Crippen LogP contribution < -0.4 is 9.50 Å². The van der Waals surface area contributed by atoms with Crippen molar-refractivity contribution in [1.82, 2.24) is 9.38 Å². The topological polar surface area (TPSA) is 116 Å². The number of benzene rings is 2. The molecule has 0 radical (unpaired) electrons. The van der Waals surface area contributed by atoms with Crippen molar-refractivity contribution in [3.8, 4) is 17.0 Å². The molecule has 0 atom stereocenters. The Balaban J connectivity index is 1.56. The van der Waals surface area contributed by atoms with E-state index in [0.717, 1.165) is 54.8 Å². The zero-order valence-corrected chi connectivity index (χ0v) is 20.6. The number of hydrogen-bond acceptors (Lipinski definition) is 7. The quantitative estimate of drug-likeness (QED) is 0.193. The van der Waals surface area contributed by atoms with Gasteiger partial charge in [-0.3, -0.25) is 14.5 Å². The van der Waals surface area contributed by atoms with Crippen LogP contribution >= 0.6 is 0 Å². The maximum absolute atomic E-state index is 13.1. The maximum atomic E-state index is 13.1. The van der Waals surface area contributed by atoms with Crippen LogP contribution in [-0.4, -0.2) is 28.8 Å². The first kappa shape index (κ1) is 23.8. The number of nitro groups is 1. The van der Waals surface area contributed by atoms with Gasteiger partial charge in [-0.2, -0.15) is 8.42 Å². The molecule has 0 unspecified atom stereocenters. The predicted molar refractivity (Wildman–Crippen MR) is 137 cm³/mol. The standard InChI is InChI=1S/C26H26N4O5S/c1-18-15-16-29-24(17-18)28-25(26(29)27-19-7-3-2-4-8-19)22-9-5-6-10-23(22)35-36(33,34)21-13-11-20(12-14-21)30(31)32/h5-6,9-17,19,27H,2-4,7-8H2,1H3. The van der Waals surface area contributed by atoms with Gasteiger partial charge in [-0.15, -0.1) is 0 Å². The molecule has 1 aliphatic rings. The van der Waals surface area contributed by atoms with Crippen molar-refractivity contribution in [1.29, 1.82) is 0 Å². The van der Waals surface area contributed by atoms with Gasteiger partial charge in [-0.1, -0.05) is 31.4 Å². The first-order valence-corrected chi connectivity index (χ1v) is 13.3. The molecule has 186 valence electrons. The van der Waals surface area contributed by atoms with Crippen LogP contribution in [0, 0.1) is 17.0 Å². The number of imidazole rings is 1. The fourth-order valence-corrected chi connectivity index (χ4v) is 5.50. The summed E-state index contributed by atoms with van der Waals surface area (Å²) in [5.41, 5.74) is 2.74. The Kier molecular flexibility index (Phi) is 6.36. The number of nitrogens with zero attached hydrogens (tertiary/aromatic N) is 3. The smallest absolute Gasteiger partial charge is 0.339 e. The third kappa shape index (κ3) is 4.76. The summed E-state index contributed by atoms with van der Waals surface area (Å²) in [6, 6.07) is 15.8. The van der Waals surface area contributed by atoms with Gasteiger partial charge in [-0.05, 0) is 61.7 Å². The highest BCUT2D eigenvalue weighted by molar-refractivity contribution is 7.87. The lowest BCUT2D eigenvalue weighted by atomic mass is 9.95. The lowest BCUT2D eigenvalue weighted by Gasteiger charge is -2.24. The average Bonchev–Trinajstić information content (AvgIpc) is 3.21. The van der Waals surface area contributed by atoms with E-state index in [1.54, 1.807) is 24.3 Å². The Morgan fingerprint density at radius 1 is 1.06 bits per heavy atom. The third-order valence-electron chi connectivity index (χ3n) is 6.41. The second-order valence-electron chi connectivity index (χ2n) is 9.01. The second-order valence-corrected chi connectivity index (χ2v) is 10.6. The molecular weight excluding hydrogens is 480 g/mol. The minimum Gasteiger partial charge on any atom is -0.378 e. The molecule has 1 N–H and O–H groups in total. The van der Waals surface area contributed by atoms with E-state index in [1.165, 1.54) is 18.6 Å². The van der Waals surface area contributed by atoms with E-state index in [2.05, 4.69) is 5.32 Å². The Morgan fingerprint density at radius 3 is 2.50 bits per heavy atom. The number of nitrogens with one attached hydrogen (secondary N) is 1. The zero-order chi connectivity index (χ0) is 25.3. The molecule has 2 aromatic carbocycles. The molecular formula is C26H26N4O5S. The molecule has 5 rings (SSSR count). The molecule has 1 fully saturated rings. The predicted octanol–water partition coefficient (Wildman–Crippen LogP) is 5.73. The number of aryl methyl sites for hydroxylation is 1. The van der Waals surface area contributed by atoms with Gasteiger partial charge in [0.2, 0.25) is 0 Å². The maximum Gasteiger partial charge on any atom is 0.339 e. The molecule has 2 heterocycles. The number of non-ortho nitro benzene ring substituents is 1. The molecule has 10 heteroatoms. The van der Waals surface area contributed by atoms with Crippen molar-refractivity contribution < 1.29 is 17.5 Å². The lowest BCUT2D eigenvalue weighted by molar-refractivity contribution is -0.384. The average molecular weight is 507 g/mol. The van der Waals surface area contributed by atoms with E-state index in [4.69, 9.17) is 9.17 Å². The van der Waals surface area contributed by atoms with Crippen LogP contribution in [0.3, 0.4) is 0 Å². The number of hydrogen-bond donors (Lipinski definition) is 1. The number of rotatable bonds is 7. The van der Waals surface area contributed by atoms with E-state index in [-0.39, 0.29) is 16.3 Å². The van der Waals surface area contributed by atoms with Gasteiger partial charge in [-0.25, -0.2) is 4.98 Å². The van der Waals surface area contributed by atoms with Crippen LogP contribution in [-0.2, 0) is 10.1 Å². The van der Waals surface area contributed by atoms with Gasteiger partial charge in [0.05, 0.1) is 4.92 Å². The summed E-state index contributed by atoms with van der Waals surface area (Å²) in [5, 5.41) is 14.6. The number of nitro benzene ring substituents is 1. The molecule has 0 amide bonds. The van der Waals surface area contributed by atoms with Crippen molar-refractivity contribution in [2.45, 2.75) is 50.0 Å². The highest BCUT2D eigenvalue weighted by atomic mass is 32.2. The van der Waals surface area contributed by atoms with Gasteiger partial charge in [0.15, 0.2) is 5.75 Å². The summed E-state index contributed by atoms with van der Waals surface area (Å²) >= 11 is 0. The van der Waals surface area contributed by atoms with Gasteiger partial charge in [0.25, 0.3) is 5.69 Å². The summed E-state index contributed by atoms with van der Waals surface area (Å²) in [6.07, 6.45) is 7.64. The Morgan fingerprint density at radius 2 is 1.78 bits per heavy atom. The fourth-order valence-electron chi connectivity index (χ4n) is 4.55. The molecule has 0 bridgehead atoms. The molecule has 1 aliphatic carbocycles. The highest BCUT2D eigenvalue weighted by Gasteiger charge is 2.25. The molecule has 1 saturated carbocycles. The molecule has 0 aliphatic heterocycles. The van der Waals surface area contributed by atoms with Crippen LogP contribution in [0.25, 0.3) is 16.9 Å². The SMILES string of the molecule is Cc1ccn2c(NC3CCCCC3)c(-c3ccccc3OS(=O)(=O)c3ccc([N+](=O)[O-])cc3)nc2c1. The molecule has 9 nitrogen and oxygen atoms in total. The van der Waals surface area contributed by atoms with Crippen LogP contribution in [0.15, 0.2) is 71.8 Å². The van der Waals surface area contributed by atoms with E-state index >= 15 is 0 Å². The molecule has 2 aromatic heterocycles. The normalized spacial score (nSPS) is 14.6. The summed E-state index contributed by atoms with van der Waals surface area (Å²) in [7, 11) is -4.24. The summed E-state index contributed by atoms with van der Waals surface area (Å²) in [5.74, 6) is 0.920. The van der Waals surface area contributed by atoms with Gasteiger partial charge >= 0.3 is 10.1 Å². The zero-order valence-electron chi connectivity index (χ0n) is 19.8. The first-order chi connectivity index (χ1) is 17.3. The van der Waals surface area contributed by atoms with Crippen LogP contribution in [0.2, 0.25) is 0 Å². The number of pyridine rings is 1. The van der Waals surface area contributed by atoms with E-state index in [0.29, 0.717) is 17.3 Å². The minimum atomic E-state index is -4.24. The highest BCUT2D eigenvalue weighted by Crippen LogP contribution is 2.38. The van der Waals surface area contributed by atoms with Crippen LogP contribution in [0.1, 0.15) is 37.7 Å². The summed E-state index contributed by atoms with van der Waals surface area (Å²) in [6.45, 7) is 2.00. The molecule has 36 heavy (non-hydrogen) atoms. The van der Waals surface area contributed by atoms with Crippen LogP contribution in [0.5, 0.6) is 5.75 Å². The molecule has 0 spiro atoms. The van der Waals surface area contributed by atoms with Crippen molar-refractivity contribution in [2.75, 3.05) is 5.32 Å². The third-order valence-corrected chi connectivity index (χ3v) is 7.65. The lowest BCUT2D eigenvalue weighted by Crippen LogP contribution is -2.23. The van der Waals surface area contributed by atoms with Crippen molar-refractivity contribution >= 4 is 27.3 Å². The number of fused-ring (bicyclic) bond motifs is 1. The fraction of sp³-hybridized carbons (Fsp3) is 0.269. The van der Waals surface area contributed by atoms with Crippen molar-refractivity contribution in [3.05, 3.63) is 82.5 Å². The van der Waals surface area contributed by atoms with Gasteiger partial charge in [0.1, 0.15) is 22.1 Å².